The Hall–Kier alpha value is -1.82. The summed E-state index contributed by atoms with van der Waals surface area (Å²) in [5.74, 6) is 1.06. The first-order valence-corrected chi connectivity index (χ1v) is 6.68. The molecule has 96 valence electrons. The van der Waals surface area contributed by atoms with Crippen LogP contribution in [0.5, 0.6) is 5.88 Å². The van der Waals surface area contributed by atoms with E-state index in [9.17, 15) is 0 Å². The van der Waals surface area contributed by atoms with Crippen molar-refractivity contribution >= 4 is 22.8 Å². The minimum absolute atomic E-state index is 0.445. The highest BCUT2D eigenvalue weighted by molar-refractivity contribution is 7.09. The predicted molar refractivity (Wildman–Crippen MR) is 73.9 cm³/mol. The molecule has 0 amide bonds. The van der Waals surface area contributed by atoms with Crippen LogP contribution in [0, 0.1) is 0 Å². The summed E-state index contributed by atoms with van der Waals surface area (Å²) in [5.41, 5.74) is 6.42. The molecule has 0 spiro atoms. The maximum absolute atomic E-state index is 5.95. The van der Waals surface area contributed by atoms with Gasteiger partial charge in [-0.15, -0.1) is 11.3 Å². The van der Waals surface area contributed by atoms with Gasteiger partial charge in [-0.1, -0.05) is 13.0 Å². The smallest absolute Gasteiger partial charge is 0.242 e. The zero-order chi connectivity index (χ0) is 12.8. The zero-order valence-electron chi connectivity index (χ0n) is 10.2. The molecular formula is C12H16N4OS. The van der Waals surface area contributed by atoms with Gasteiger partial charge in [0.2, 0.25) is 5.88 Å². The normalized spacial score (nSPS) is 10.3. The molecule has 5 nitrogen and oxygen atoms in total. The van der Waals surface area contributed by atoms with Gasteiger partial charge in [0.05, 0.1) is 13.2 Å². The van der Waals surface area contributed by atoms with E-state index in [-0.39, 0.29) is 0 Å². The van der Waals surface area contributed by atoms with Crippen molar-refractivity contribution in [1.29, 1.82) is 0 Å². The van der Waals surface area contributed by atoms with Crippen LogP contribution < -0.4 is 15.8 Å². The molecule has 0 atom stereocenters. The van der Waals surface area contributed by atoms with E-state index in [2.05, 4.69) is 21.4 Å². The van der Waals surface area contributed by atoms with Gasteiger partial charge in [0.25, 0.3) is 0 Å². The number of nitrogens with two attached hydrogens (primary N) is 1. The van der Waals surface area contributed by atoms with E-state index >= 15 is 0 Å². The Morgan fingerprint density at radius 1 is 1.44 bits per heavy atom. The van der Waals surface area contributed by atoms with E-state index < -0.39 is 0 Å². The number of nitrogens with one attached hydrogen (secondary N) is 1. The first-order chi connectivity index (χ1) is 8.81. The maximum atomic E-state index is 5.95. The molecule has 0 aliphatic heterocycles. The number of hydrogen-bond donors (Lipinski definition) is 2. The average molecular weight is 264 g/mol. The van der Waals surface area contributed by atoms with Crippen molar-refractivity contribution in [1.82, 2.24) is 9.97 Å². The Balaban J connectivity index is 2.03. The second-order valence-corrected chi connectivity index (χ2v) is 4.75. The minimum atomic E-state index is 0.445. The van der Waals surface area contributed by atoms with Gasteiger partial charge in [-0.05, 0) is 17.9 Å². The molecule has 0 aliphatic rings. The number of hydrogen-bond acceptors (Lipinski definition) is 6. The van der Waals surface area contributed by atoms with Crippen molar-refractivity contribution in [2.45, 2.75) is 19.9 Å². The van der Waals surface area contributed by atoms with Gasteiger partial charge < -0.3 is 15.8 Å². The Labute approximate surface area is 110 Å². The Morgan fingerprint density at radius 2 is 2.33 bits per heavy atom. The van der Waals surface area contributed by atoms with Crippen LogP contribution in [-0.2, 0) is 6.54 Å². The van der Waals surface area contributed by atoms with Crippen molar-refractivity contribution < 1.29 is 4.74 Å². The molecule has 0 unspecified atom stereocenters. The molecule has 2 heterocycles. The first-order valence-electron chi connectivity index (χ1n) is 5.80. The Bertz CT molecular complexity index is 487. The summed E-state index contributed by atoms with van der Waals surface area (Å²) in [6.45, 7) is 3.34. The molecular weight excluding hydrogens is 248 g/mol. The van der Waals surface area contributed by atoms with Crippen molar-refractivity contribution in [3.8, 4) is 5.88 Å². The summed E-state index contributed by atoms with van der Waals surface area (Å²) in [6, 6.07) is 4.07. The second kappa shape index (κ2) is 6.20. The van der Waals surface area contributed by atoms with Gasteiger partial charge in [-0.3, -0.25) is 0 Å². The van der Waals surface area contributed by atoms with Gasteiger partial charge in [0.15, 0.2) is 5.82 Å². The number of anilines is 2. The zero-order valence-corrected chi connectivity index (χ0v) is 11.0. The van der Waals surface area contributed by atoms with Crippen molar-refractivity contribution in [3.05, 3.63) is 28.7 Å². The molecule has 2 aromatic rings. The standard InChI is InChI=1S/C12H16N4OS/c1-2-5-17-12-10(13)11(15-8-16-12)14-7-9-4-3-6-18-9/h3-4,6,8H,2,5,7,13H2,1H3,(H,14,15,16). The van der Waals surface area contributed by atoms with Crippen LogP contribution in [0.1, 0.15) is 18.2 Å². The third kappa shape index (κ3) is 3.10. The third-order valence-electron chi connectivity index (χ3n) is 2.30. The summed E-state index contributed by atoms with van der Waals surface area (Å²) in [5, 5.41) is 5.22. The van der Waals surface area contributed by atoms with Gasteiger partial charge in [-0.25, -0.2) is 4.98 Å². The molecule has 2 rings (SSSR count). The van der Waals surface area contributed by atoms with E-state index in [1.807, 2.05) is 18.4 Å². The van der Waals surface area contributed by atoms with Gasteiger partial charge >= 0.3 is 0 Å². The van der Waals surface area contributed by atoms with Gasteiger partial charge in [0, 0.05) is 4.88 Å². The van der Waals surface area contributed by atoms with E-state index in [1.165, 1.54) is 11.2 Å². The van der Waals surface area contributed by atoms with Crippen LogP contribution in [-0.4, -0.2) is 16.6 Å². The maximum Gasteiger partial charge on any atom is 0.242 e. The van der Waals surface area contributed by atoms with Crippen LogP contribution in [0.3, 0.4) is 0 Å². The largest absolute Gasteiger partial charge is 0.476 e. The number of nitrogen functional groups attached to an aromatic ring is 1. The topological polar surface area (TPSA) is 73.1 Å². The second-order valence-electron chi connectivity index (χ2n) is 3.72. The lowest BCUT2D eigenvalue weighted by molar-refractivity contribution is 0.306. The van der Waals surface area contributed by atoms with Crippen LogP contribution >= 0.6 is 11.3 Å². The monoisotopic (exact) mass is 264 g/mol. The van der Waals surface area contributed by atoms with Crippen molar-refractivity contribution in [2.24, 2.45) is 0 Å². The van der Waals surface area contributed by atoms with Crippen LogP contribution in [0.15, 0.2) is 23.8 Å². The molecule has 0 saturated heterocycles. The Morgan fingerprint density at radius 3 is 3.06 bits per heavy atom. The lowest BCUT2D eigenvalue weighted by atomic mass is 10.4. The fourth-order valence-corrected chi connectivity index (χ4v) is 2.06. The van der Waals surface area contributed by atoms with E-state index in [1.54, 1.807) is 11.3 Å². The number of ether oxygens (including phenoxy) is 1. The lowest BCUT2D eigenvalue weighted by Crippen LogP contribution is -2.07. The van der Waals surface area contributed by atoms with E-state index in [0.717, 1.165) is 6.42 Å². The first kappa shape index (κ1) is 12.6. The summed E-state index contributed by atoms with van der Waals surface area (Å²) in [7, 11) is 0. The van der Waals surface area contributed by atoms with Crippen molar-refractivity contribution in [2.75, 3.05) is 17.7 Å². The molecule has 0 fully saturated rings. The average Bonchev–Trinajstić information content (AvgIpc) is 2.89. The number of thiophene rings is 1. The van der Waals surface area contributed by atoms with E-state index in [4.69, 9.17) is 10.5 Å². The van der Waals surface area contributed by atoms with Gasteiger partial charge in [-0.2, -0.15) is 4.98 Å². The fourth-order valence-electron chi connectivity index (χ4n) is 1.42. The van der Waals surface area contributed by atoms with Gasteiger partial charge in [0.1, 0.15) is 12.0 Å². The molecule has 0 radical (unpaired) electrons. The molecule has 0 aliphatic carbocycles. The number of rotatable bonds is 6. The summed E-state index contributed by atoms with van der Waals surface area (Å²) >= 11 is 1.69. The molecule has 2 aromatic heterocycles. The third-order valence-corrected chi connectivity index (χ3v) is 3.18. The molecule has 6 heteroatoms. The highest BCUT2D eigenvalue weighted by Crippen LogP contribution is 2.25. The number of nitrogens with zero attached hydrogens (tertiary/aromatic N) is 2. The molecule has 0 aromatic carbocycles. The molecule has 3 N–H and O–H groups in total. The number of aromatic nitrogens is 2. The molecule has 0 bridgehead atoms. The Kier molecular flexibility index (Phi) is 4.35. The van der Waals surface area contributed by atoms with Crippen LogP contribution in [0.2, 0.25) is 0 Å². The highest BCUT2D eigenvalue weighted by atomic mass is 32.1. The van der Waals surface area contributed by atoms with Crippen LogP contribution in [0.4, 0.5) is 11.5 Å². The fraction of sp³-hybridized carbons (Fsp3) is 0.333. The summed E-state index contributed by atoms with van der Waals surface area (Å²) in [6.07, 6.45) is 2.37. The summed E-state index contributed by atoms with van der Waals surface area (Å²) < 4.78 is 5.45. The van der Waals surface area contributed by atoms with Crippen molar-refractivity contribution in [3.63, 3.8) is 0 Å². The molecule has 18 heavy (non-hydrogen) atoms. The minimum Gasteiger partial charge on any atom is -0.476 e. The SMILES string of the molecule is CCCOc1ncnc(NCc2cccs2)c1N. The predicted octanol–water partition coefficient (Wildman–Crippen LogP) is 2.52. The van der Waals surface area contributed by atoms with Crippen LogP contribution in [0.25, 0.3) is 0 Å². The summed E-state index contributed by atoms with van der Waals surface area (Å²) in [4.78, 5) is 9.38. The highest BCUT2D eigenvalue weighted by Gasteiger charge is 2.08. The van der Waals surface area contributed by atoms with E-state index in [0.29, 0.717) is 30.5 Å². The quantitative estimate of drug-likeness (QED) is 0.838. The lowest BCUT2D eigenvalue weighted by Gasteiger charge is -2.10. The molecule has 0 saturated carbocycles.